The van der Waals surface area contributed by atoms with Crippen molar-refractivity contribution in [3.63, 3.8) is 0 Å². The third-order valence-corrected chi connectivity index (χ3v) is 4.03. The van der Waals surface area contributed by atoms with Gasteiger partial charge in [0, 0.05) is 5.75 Å². The highest BCUT2D eigenvalue weighted by atomic mass is 32.2. The molecule has 0 saturated heterocycles. The Labute approximate surface area is 89.8 Å². The zero-order chi connectivity index (χ0) is 11.3. The van der Waals surface area contributed by atoms with Crippen LogP contribution in [0.3, 0.4) is 0 Å². The molecule has 1 heterocycles. The van der Waals surface area contributed by atoms with E-state index in [2.05, 4.69) is 0 Å². The van der Waals surface area contributed by atoms with Gasteiger partial charge in [0.05, 0.1) is 12.0 Å². The quantitative estimate of drug-likeness (QED) is 0.807. The minimum absolute atomic E-state index is 0.126. The lowest BCUT2D eigenvalue weighted by molar-refractivity contribution is 0.139. The van der Waals surface area contributed by atoms with Crippen LogP contribution in [0.5, 0.6) is 0 Å². The molecule has 0 spiro atoms. The minimum atomic E-state index is -2.93. The predicted octanol–water partition coefficient (Wildman–Crippen LogP) is 1.53. The van der Waals surface area contributed by atoms with Crippen LogP contribution < -0.4 is 0 Å². The molecule has 1 N–H and O–H groups in total. The van der Waals surface area contributed by atoms with Gasteiger partial charge in [-0.25, -0.2) is 8.42 Å². The smallest absolute Gasteiger partial charge is 0.150 e. The molecule has 1 aromatic rings. The van der Waals surface area contributed by atoms with Crippen molar-refractivity contribution >= 4 is 9.84 Å². The van der Waals surface area contributed by atoms with Gasteiger partial charge in [0.25, 0.3) is 0 Å². The van der Waals surface area contributed by atoms with Crippen LogP contribution in [0.25, 0.3) is 0 Å². The number of aliphatic hydroxyl groups excluding tert-OH is 1. The van der Waals surface area contributed by atoms with E-state index in [4.69, 9.17) is 4.42 Å². The summed E-state index contributed by atoms with van der Waals surface area (Å²) in [6.45, 7) is 1.62. The van der Waals surface area contributed by atoms with E-state index in [-0.39, 0.29) is 11.5 Å². The molecular weight excluding hydrogens is 216 g/mol. The van der Waals surface area contributed by atoms with Crippen LogP contribution in [0.4, 0.5) is 0 Å². The summed E-state index contributed by atoms with van der Waals surface area (Å²) in [5.41, 5.74) is 0. The van der Waals surface area contributed by atoms with Crippen LogP contribution in [-0.4, -0.2) is 25.0 Å². The molecule has 0 aliphatic rings. The van der Waals surface area contributed by atoms with E-state index in [0.717, 1.165) is 0 Å². The fourth-order valence-electron chi connectivity index (χ4n) is 1.26. The van der Waals surface area contributed by atoms with Crippen molar-refractivity contribution in [3.8, 4) is 0 Å². The van der Waals surface area contributed by atoms with Crippen LogP contribution in [0.1, 0.15) is 31.6 Å². The Bertz CT molecular complexity index is 366. The van der Waals surface area contributed by atoms with Crippen molar-refractivity contribution in [1.29, 1.82) is 0 Å². The van der Waals surface area contributed by atoms with Gasteiger partial charge in [-0.1, -0.05) is 6.92 Å². The molecule has 4 nitrogen and oxygen atoms in total. The van der Waals surface area contributed by atoms with E-state index in [1.807, 2.05) is 0 Å². The molecule has 15 heavy (non-hydrogen) atoms. The van der Waals surface area contributed by atoms with Gasteiger partial charge in [0.1, 0.15) is 21.7 Å². The Hall–Kier alpha value is -0.810. The van der Waals surface area contributed by atoms with E-state index in [0.29, 0.717) is 18.6 Å². The molecule has 0 saturated carbocycles. The fraction of sp³-hybridized carbons (Fsp3) is 0.600. The second-order valence-electron chi connectivity index (χ2n) is 3.41. The van der Waals surface area contributed by atoms with Crippen LogP contribution in [0.15, 0.2) is 22.8 Å². The maximum absolute atomic E-state index is 11.2. The van der Waals surface area contributed by atoms with E-state index < -0.39 is 15.9 Å². The van der Waals surface area contributed by atoms with Gasteiger partial charge >= 0.3 is 0 Å². The monoisotopic (exact) mass is 232 g/mol. The lowest BCUT2D eigenvalue weighted by atomic mass is 10.2. The fourth-order valence-corrected chi connectivity index (χ4v) is 2.16. The number of furan rings is 1. The summed E-state index contributed by atoms with van der Waals surface area (Å²) in [5.74, 6) is 0.773. The minimum Gasteiger partial charge on any atom is -0.467 e. The van der Waals surface area contributed by atoms with E-state index in [1.54, 1.807) is 19.1 Å². The van der Waals surface area contributed by atoms with E-state index in [9.17, 15) is 13.5 Å². The normalized spacial score (nSPS) is 14.0. The van der Waals surface area contributed by atoms with Crippen molar-refractivity contribution < 1.29 is 17.9 Å². The Morgan fingerprint density at radius 1 is 1.53 bits per heavy atom. The van der Waals surface area contributed by atoms with Crippen molar-refractivity contribution in [2.75, 3.05) is 11.5 Å². The van der Waals surface area contributed by atoms with Gasteiger partial charge in [-0.05, 0) is 25.0 Å². The highest BCUT2D eigenvalue weighted by Gasteiger charge is 2.12. The third-order valence-electron chi connectivity index (χ3n) is 2.24. The summed E-state index contributed by atoms with van der Waals surface area (Å²) in [6, 6.07) is 3.38. The largest absolute Gasteiger partial charge is 0.467 e. The molecule has 0 amide bonds. The molecule has 86 valence electrons. The van der Waals surface area contributed by atoms with E-state index in [1.165, 1.54) is 6.26 Å². The first-order valence-electron chi connectivity index (χ1n) is 4.97. The molecule has 1 rings (SSSR count). The lowest BCUT2D eigenvalue weighted by Crippen LogP contribution is -2.09. The van der Waals surface area contributed by atoms with Crippen LogP contribution in [-0.2, 0) is 9.84 Å². The zero-order valence-electron chi connectivity index (χ0n) is 8.72. The highest BCUT2D eigenvalue weighted by Crippen LogP contribution is 2.18. The average Bonchev–Trinajstić information content (AvgIpc) is 2.70. The van der Waals surface area contributed by atoms with Gasteiger partial charge in [-0.3, -0.25) is 0 Å². The van der Waals surface area contributed by atoms with Gasteiger partial charge in [0.2, 0.25) is 0 Å². The van der Waals surface area contributed by atoms with Crippen LogP contribution >= 0.6 is 0 Å². The number of rotatable bonds is 6. The lowest BCUT2D eigenvalue weighted by Gasteiger charge is -2.06. The number of hydrogen-bond donors (Lipinski definition) is 1. The Balaban J connectivity index is 2.33. The molecule has 1 atom stereocenters. The SMILES string of the molecule is CCS(=O)(=O)CCCC(O)c1ccco1. The predicted molar refractivity (Wildman–Crippen MR) is 57.2 cm³/mol. The second kappa shape index (κ2) is 5.32. The van der Waals surface area contributed by atoms with Crippen molar-refractivity contribution in [1.82, 2.24) is 0 Å². The first kappa shape index (κ1) is 12.3. The molecule has 0 aliphatic carbocycles. The summed E-state index contributed by atoms with van der Waals surface area (Å²) in [4.78, 5) is 0. The average molecular weight is 232 g/mol. The summed E-state index contributed by atoms with van der Waals surface area (Å²) in [5, 5.41) is 9.59. The van der Waals surface area contributed by atoms with Crippen molar-refractivity contribution in [2.24, 2.45) is 0 Å². The Kier molecular flexibility index (Phi) is 4.35. The number of aliphatic hydroxyl groups is 1. The highest BCUT2D eigenvalue weighted by molar-refractivity contribution is 7.91. The third kappa shape index (κ3) is 4.05. The Morgan fingerprint density at radius 3 is 2.80 bits per heavy atom. The number of hydrogen-bond acceptors (Lipinski definition) is 4. The molecule has 0 radical (unpaired) electrons. The maximum Gasteiger partial charge on any atom is 0.150 e. The summed E-state index contributed by atoms with van der Waals surface area (Å²) in [7, 11) is -2.93. The molecule has 0 bridgehead atoms. The van der Waals surface area contributed by atoms with Gasteiger partial charge in [-0.15, -0.1) is 0 Å². The van der Waals surface area contributed by atoms with E-state index >= 15 is 0 Å². The number of sulfone groups is 1. The molecule has 0 aromatic carbocycles. The molecule has 1 unspecified atom stereocenters. The summed E-state index contributed by atoms with van der Waals surface area (Å²) >= 11 is 0. The summed E-state index contributed by atoms with van der Waals surface area (Å²) in [6.07, 6.45) is 1.65. The Morgan fingerprint density at radius 2 is 2.27 bits per heavy atom. The summed E-state index contributed by atoms with van der Waals surface area (Å²) < 4.78 is 27.3. The van der Waals surface area contributed by atoms with Gasteiger partial charge < -0.3 is 9.52 Å². The molecule has 0 aliphatic heterocycles. The molecule has 0 fully saturated rings. The first-order valence-corrected chi connectivity index (χ1v) is 6.79. The molecular formula is C10H16O4S. The zero-order valence-corrected chi connectivity index (χ0v) is 9.53. The van der Waals surface area contributed by atoms with Crippen molar-refractivity contribution in [2.45, 2.75) is 25.9 Å². The van der Waals surface area contributed by atoms with Crippen LogP contribution in [0.2, 0.25) is 0 Å². The van der Waals surface area contributed by atoms with Gasteiger partial charge in [-0.2, -0.15) is 0 Å². The topological polar surface area (TPSA) is 67.5 Å². The standard InChI is InChI=1S/C10H16O4S/c1-2-15(12,13)8-4-5-9(11)10-6-3-7-14-10/h3,6-7,9,11H,2,4-5,8H2,1H3. The molecule has 5 heteroatoms. The first-order chi connectivity index (χ1) is 7.05. The maximum atomic E-state index is 11.2. The van der Waals surface area contributed by atoms with Crippen LogP contribution in [0, 0.1) is 0 Å². The van der Waals surface area contributed by atoms with Crippen molar-refractivity contribution in [3.05, 3.63) is 24.2 Å². The molecule has 1 aromatic heterocycles. The van der Waals surface area contributed by atoms with Gasteiger partial charge in [0.15, 0.2) is 0 Å². The second-order valence-corrected chi connectivity index (χ2v) is 5.88.